The van der Waals surface area contributed by atoms with Crippen LogP contribution in [0.3, 0.4) is 0 Å². The van der Waals surface area contributed by atoms with E-state index in [1.54, 1.807) is 0 Å². The van der Waals surface area contributed by atoms with Gasteiger partial charge < -0.3 is 0 Å². The molecule has 0 aromatic carbocycles. The average molecular weight is 418 g/mol. The summed E-state index contributed by atoms with van der Waals surface area (Å²) in [6, 6.07) is 0. The lowest BCUT2D eigenvalue weighted by Gasteiger charge is -2.03. The van der Waals surface area contributed by atoms with E-state index in [1.807, 2.05) is 0 Å². The molecule has 0 aliphatic carbocycles. The molecule has 0 saturated heterocycles. The van der Waals surface area contributed by atoms with Crippen molar-refractivity contribution in [2.75, 3.05) is 0 Å². The molecule has 0 aromatic rings. The second-order valence-corrected chi connectivity index (χ2v) is 8.41. The standard InChI is InChI=1S/C28H38N3/c1-9-19-17(7)29-25(21(19)11-3)15-27-23(13-5)24(14-6)28(31-27)16-26-22(12-4)20(10-2)18(8)30-26/h15-16H,9-14H2,1-8H3/q+1/p+1. The highest BCUT2D eigenvalue weighted by molar-refractivity contribution is 6.24. The first-order chi connectivity index (χ1) is 14.9. The number of allylic oxidation sites excluding steroid dienone is 8. The van der Waals surface area contributed by atoms with Crippen molar-refractivity contribution in [1.29, 1.82) is 0 Å². The normalized spacial score (nSPS) is 21.7. The van der Waals surface area contributed by atoms with Gasteiger partial charge in [-0.15, -0.1) is 0 Å². The van der Waals surface area contributed by atoms with E-state index < -0.39 is 0 Å². The predicted octanol–water partition coefficient (Wildman–Crippen LogP) is 5.10. The van der Waals surface area contributed by atoms with E-state index >= 15 is 0 Å². The third-order valence-corrected chi connectivity index (χ3v) is 6.76. The lowest BCUT2D eigenvalue weighted by Crippen LogP contribution is -2.68. The molecule has 31 heavy (non-hydrogen) atoms. The van der Waals surface area contributed by atoms with E-state index in [0.29, 0.717) is 0 Å². The molecule has 1 N–H and O–H groups in total. The van der Waals surface area contributed by atoms with E-state index in [0.717, 1.165) is 55.6 Å². The molecule has 3 aliphatic rings. The van der Waals surface area contributed by atoms with E-state index in [9.17, 15) is 0 Å². The van der Waals surface area contributed by atoms with Crippen LogP contribution in [0.4, 0.5) is 0 Å². The van der Waals surface area contributed by atoms with Gasteiger partial charge in [-0.05, 0) is 56.6 Å². The molecule has 0 unspecified atom stereocenters. The second-order valence-electron chi connectivity index (χ2n) is 8.41. The van der Waals surface area contributed by atoms with Crippen molar-refractivity contribution < 1.29 is 4.99 Å². The van der Waals surface area contributed by atoms with Crippen molar-refractivity contribution in [3.05, 3.63) is 57.0 Å². The highest BCUT2D eigenvalue weighted by atomic mass is 14.8. The summed E-state index contributed by atoms with van der Waals surface area (Å²) >= 11 is 0. The molecule has 164 valence electrons. The lowest BCUT2D eigenvalue weighted by molar-refractivity contribution is -0.388. The Hall–Kier alpha value is -2.51. The quantitative estimate of drug-likeness (QED) is 0.534. The molecule has 0 aromatic heterocycles. The van der Waals surface area contributed by atoms with Crippen LogP contribution in [-0.4, -0.2) is 22.8 Å². The van der Waals surface area contributed by atoms with E-state index in [-0.39, 0.29) is 0 Å². The smallest absolute Gasteiger partial charge is 0.253 e. The van der Waals surface area contributed by atoms with Crippen LogP contribution in [0.1, 0.15) is 93.9 Å². The highest BCUT2D eigenvalue weighted by Crippen LogP contribution is 2.31. The summed E-state index contributed by atoms with van der Waals surface area (Å²) in [6.07, 6.45) is 10.6. The molecule has 3 rings (SSSR count). The van der Waals surface area contributed by atoms with Crippen LogP contribution in [0.15, 0.2) is 62.0 Å². The largest absolute Gasteiger partial charge is 0.338 e. The monoisotopic (exact) mass is 417 g/mol. The Morgan fingerprint density at radius 3 is 1.68 bits per heavy atom. The molecule has 3 heterocycles. The van der Waals surface area contributed by atoms with Crippen molar-refractivity contribution >= 4 is 22.8 Å². The van der Waals surface area contributed by atoms with Gasteiger partial charge in [0.1, 0.15) is 6.08 Å². The van der Waals surface area contributed by atoms with Crippen LogP contribution >= 0.6 is 0 Å². The van der Waals surface area contributed by atoms with E-state index in [1.165, 1.54) is 50.6 Å². The SMILES string of the molecule is CCC1=C(CC)C(C)=NC1=CC1=[N+]=C(C=C2[NH+]=C(C)C(CC)=C2CC)C(CC)=C1CC. The minimum atomic E-state index is 0.988. The molecule has 0 radical (unpaired) electrons. The van der Waals surface area contributed by atoms with Crippen LogP contribution in [0.2, 0.25) is 0 Å². The minimum absolute atomic E-state index is 0.988. The Balaban J connectivity index is 2.15. The van der Waals surface area contributed by atoms with Crippen molar-refractivity contribution in [3.63, 3.8) is 0 Å². The Kier molecular flexibility index (Phi) is 7.28. The van der Waals surface area contributed by atoms with Crippen molar-refractivity contribution in [1.82, 2.24) is 4.67 Å². The van der Waals surface area contributed by atoms with Crippen molar-refractivity contribution in [3.8, 4) is 0 Å². The van der Waals surface area contributed by atoms with Crippen LogP contribution in [-0.2, 0) is 0 Å². The van der Waals surface area contributed by atoms with Crippen molar-refractivity contribution in [2.45, 2.75) is 93.9 Å². The molecule has 0 saturated carbocycles. The van der Waals surface area contributed by atoms with E-state index in [4.69, 9.17) is 9.66 Å². The highest BCUT2D eigenvalue weighted by Gasteiger charge is 2.34. The molecule has 3 aliphatic heterocycles. The Morgan fingerprint density at radius 2 is 1.16 bits per heavy atom. The Bertz CT molecular complexity index is 989. The first-order valence-corrected chi connectivity index (χ1v) is 12.2. The van der Waals surface area contributed by atoms with Gasteiger partial charge in [0.2, 0.25) is 5.70 Å². The van der Waals surface area contributed by atoms with Gasteiger partial charge in [-0.3, -0.25) is 4.99 Å². The summed E-state index contributed by atoms with van der Waals surface area (Å²) in [5.74, 6) is 0. The fourth-order valence-corrected chi connectivity index (χ4v) is 5.29. The number of nitrogens with zero attached hydrogens (tertiary/aromatic N) is 2. The summed E-state index contributed by atoms with van der Waals surface area (Å²) in [4.78, 5) is 8.54. The van der Waals surface area contributed by atoms with Gasteiger partial charge in [0, 0.05) is 23.8 Å². The van der Waals surface area contributed by atoms with Crippen LogP contribution in [0, 0.1) is 0 Å². The van der Waals surface area contributed by atoms with Gasteiger partial charge in [-0.2, -0.15) is 0 Å². The summed E-state index contributed by atoms with van der Waals surface area (Å²) in [7, 11) is 0. The molecule has 0 amide bonds. The maximum absolute atomic E-state index is 5.15. The maximum atomic E-state index is 5.15. The predicted molar refractivity (Wildman–Crippen MR) is 136 cm³/mol. The summed E-state index contributed by atoms with van der Waals surface area (Å²) in [6.45, 7) is 17.7. The number of aliphatic imine (C=N–C) groups is 1. The first-order valence-electron chi connectivity index (χ1n) is 12.2. The fourth-order valence-electron chi connectivity index (χ4n) is 5.29. The van der Waals surface area contributed by atoms with Gasteiger partial charge in [0.15, 0.2) is 5.71 Å². The second kappa shape index (κ2) is 9.75. The fraction of sp³-hybridized carbons (Fsp3) is 0.500. The number of hydrogen-bond donors (Lipinski definition) is 1. The average Bonchev–Trinajstić information content (AvgIpc) is 3.36. The third kappa shape index (κ3) is 4.16. The molecule has 3 heteroatoms. The molecular weight excluding hydrogens is 378 g/mol. The van der Waals surface area contributed by atoms with Crippen LogP contribution in [0.25, 0.3) is 0 Å². The zero-order valence-electron chi connectivity index (χ0n) is 20.8. The zero-order chi connectivity index (χ0) is 22.7. The molecule has 3 nitrogen and oxygen atoms in total. The molecule has 0 spiro atoms. The number of hydrogen-bond acceptors (Lipinski definition) is 1. The van der Waals surface area contributed by atoms with Crippen LogP contribution in [0.5, 0.6) is 0 Å². The Labute approximate surface area is 188 Å². The summed E-state index contributed by atoms with van der Waals surface area (Å²) < 4.78 is 5.15. The minimum Gasteiger partial charge on any atom is -0.253 e. The van der Waals surface area contributed by atoms with Gasteiger partial charge in [-0.1, -0.05) is 46.2 Å². The molecular formula is C28H39N3+2. The van der Waals surface area contributed by atoms with Gasteiger partial charge >= 0.3 is 11.4 Å². The van der Waals surface area contributed by atoms with Gasteiger partial charge in [0.05, 0.1) is 22.9 Å². The summed E-state index contributed by atoms with van der Waals surface area (Å²) in [5, 5.41) is 0. The summed E-state index contributed by atoms with van der Waals surface area (Å²) in [5.41, 5.74) is 15.4. The molecule has 0 atom stereocenters. The first kappa shape index (κ1) is 23.2. The topological polar surface area (TPSA) is 40.4 Å². The molecule has 0 fully saturated rings. The van der Waals surface area contributed by atoms with Crippen LogP contribution < -0.4 is 9.66 Å². The lowest BCUT2D eigenvalue weighted by atomic mass is 9.94. The third-order valence-electron chi connectivity index (χ3n) is 6.76. The molecule has 0 bridgehead atoms. The van der Waals surface area contributed by atoms with E-state index in [2.05, 4.69) is 72.5 Å². The van der Waals surface area contributed by atoms with Crippen molar-refractivity contribution in [2.24, 2.45) is 4.99 Å². The number of nitrogens with one attached hydrogen (secondary N) is 1. The van der Waals surface area contributed by atoms with Gasteiger partial charge in [-0.25, -0.2) is 4.99 Å². The zero-order valence-corrected chi connectivity index (χ0v) is 20.8. The number of rotatable bonds is 8. The Morgan fingerprint density at radius 1 is 0.645 bits per heavy atom. The maximum Gasteiger partial charge on any atom is 0.338 e. The van der Waals surface area contributed by atoms with Gasteiger partial charge in [0.25, 0.3) is 0 Å².